The first kappa shape index (κ1) is 17.1. The van der Waals surface area contributed by atoms with Gasteiger partial charge < -0.3 is 25.2 Å². The topological polar surface area (TPSA) is 75.1 Å². The van der Waals surface area contributed by atoms with Gasteiger partial charge in [-0.25, -0.2) is 4.99 Å². The van der Waals surface area contributed by atoms with Gasteiger partial charge in [-0.2, -0.15) is 0 Å². The maximum atomic E-state index is 10.0. The van der Waals surface area contributed by atoms with Crippen molar-refractivity contribution in [2.75, 3.05) is 33.4 Å². The third-order valence-corrected chi connectivity index (χ3v) is 2.80. The molecule has 0 aromatic heterocycles. The van der Waals surface area contributed by atoms with Gasteiger partial charge in [0, 0.05) is 25.3 Å². The Morgan fingerprint density at radius 2 is 2.10 bits per heavy atom. The standard InChI is InChI=1S/C15H25N3O3/c1-4-16-15(17-9-10-21-5-2)18-11-12-7-6-8-13(20-3)14(12)19/h6-8,19H,4-5,9-11H2,1-3H3,(H2,16,17,18). The average Bonchev–Trinajstić information content (AvgIpc) is 2.50. The van der Waals surface area contributed by atoms with E-state index in [0.29, 0.717) is 38.0 Å². The Labute approximate surface area is 126 Å². The number of benzene rings is 1. The Kier molecular flexibility index (Phi) is 8.04. The Morgan fingerprint density at radius 3 is 2.76 bits per heavy atom. The molecule has 0 amide bonds. The van der Waals surface area contributed by atoms with E-state index in [-0.39, 0.29) is 5.75 Å². The number of phenols is 1. The minimum atomic E-state index is 0.133. The number of para-hydroxylation sites is 1. The summed E-state index contributed by atoms with van der Waals surface area (Å²) >= 11 is 0. The molecule has 0 aliphatic rings. The highest BCUT2D eigenvalue weighted by molar-refractivity contribution is 5.79. The van der Waals surface area contributed by atoms with Gasteiger partial charge in [0.15, 0.2) is 17.5 Å². The Balaban J connectivity index is 2.64. The number of guanidine groups is 1. The van der Waals surface area contributed by atoms with Crippen molar-refractivity contribution in [1.29, 1.82) is 0 Å². The Morgan fingerprint density at radius 1 is 1.29 bits per heavy atom. The quantitative estimate of drug-likeness (QED) is 0.385. The van der Waals surface area contributed by atoms with Crippen molar-refractivity contribution in [3.8, 4) is 11.5 Å². The van der Waals surface area contributed by atoms with Gasteiger partial charge in [-0.1, -0.05) is 12.1 Å². The van der Waals surface area contributed by atoms with Crippen molar-refractivity contribution >= 4 is 5.96 Å². The first-order valence-corrected chi connectivity index (χ1v) is 7.17. The monoisotopic (exact) mass is 295 g/mol. The van der Waals surface area contributed by atoms with Gasteiger partial charge in [0.25, 0.3) is 0 Å². The molecule has 0 radical (unpaired) electrons. The molecular weight excluding hydrogens is 270 g/mol. The van der Waals surface area contributed by atoms with Gasteiger partial charge in [0.1, 0.15) is 0 Å². The Hall–Kier alpha value is -1.95. The lowest BCUT2D eigenvalue weighted by molar-refractivity contribution is 0.152. The van der Waals surface area contributed by atoms with Crippen LogP contribution in [0.5, 0.6) is 11.5 Å². The van der Waals surface area contributed by atoms with Crippen LogP contribution in [0.3, 0.4) is 0 Å². The van der Waals surface area contributed by atoms with Gasteiger partial charge >= 0.3 is 0 Å². The third-order valence-electron chi connectivity index (χ3n) is 2.80. The second kappa shape index (κ2) is 9.88. The number of aliphatic imine (C=N–C) groups is 1. The van der Waals surface area contributed by atoms with Crippen LogP contribution < -0.4 is 15.4 Å². The number of methoxy groups -OCH3 is 1. The average molecular weight is 295 g/mol. The first-order valence-electron chi connectivity index (χ1n) is 7.17. The maximum Gasteiger partial charge on any atom is 0.191 e. The van der Waals surface area contributed by atoms with Crippen molar-refractivity contribution in [3.63, 3.8) is 0 Å². The molecule has 0 heterocycles. The number of ether oxygens (including phenoxy) is 2. The second-order valence-corrected chi connectivity index (χ2v) is 4.29. The minimum absolute atomic E-state index is 0.133. The zero-order valence-electron chi connectivity index (χ0n) is 13.0. The normalized spacial score (nSPS) is 11.3. The summed E-state index contributed by atoms with van der Waals surface area (Å²) in [4.78, 5) is 4.44. The molecule has 6 nitrogen and oxygen atoms in total. The molecule has 6 heteroatoms. The van der Waals surface area contributed by atoms with E-state index < -0.39 is 0 Å². The number of rotatable bonds is 8. The van der Waals surface area contributed by atoms with Gasteiger partial charge in [-0.15, -0.1) is 0 Å². The molecule has 0 bridgehead atoms. The number of aromatic hydroxyl groups is 1. The number of hydrogen-bond acceptors (Lipinski definition) is 4. The highest BCUT2D eigenvalue weighted by Gasteiger charge is 2.06. The fourth-order valence-electron chi connectivity index (χ4n) is 1.75. The van der Waals surface area contributed by atoms with E-state index in [1.165, 1.54) is 7.11 Å². The molecule has 0 aliphatic heterocycles. The van der Waals surface area contributed by atoms with Crippen molar-refractivity contribution in [2.24, 2.45) is 4.99 Å². The van der Waals surface area contributed by atoms with E-state index in [1.54, 1.807) is 6.07 Å². The summed E-state index contributed by atoms with van der Waals surface area (Å²) in [5.74, 6) is 1.28. The molecule has 0 atom stereocenters. The van der Waals surface area contributed by atoms with E-state index in [0.717, 1.165) is 12.1 Å². The van der Waals surface area contributed by atoms with Gasteiger partial charge in [-0.3, -0.25) is 0 Å². The van der Waals surface area contributed by atoms with Crippen LogP contribution in [0.4, 0.5) is 0 Å². The summed E-state index contributed by atoms with van der Waals surface area (Å²) in [7, 11) is 1.53. The molecule has 0 saturated heterocycles. The lowest BCUT2D eigenvalue weighted by atomic mass is 10.2. The molecule has 21 heavy (non-hydrogen) atoms. The highest BCUT2D eigenvalue weighted by Crippen LogP contribution is 2.29. The zero-order valence-corrected chi connectivity index (χ0v) is 13.0. The molecule has 1 aromatic rings. The fraction of sp³-hybridized carbons (Fsp3) is 0.533. The van der Waals surface area contributed by atoms with Crippen molar-refractivity contribution < 1.29 is 14.6 Å². The molecular formula is C15H25N3O3. The smallest absolute Gasteiger partial charge is 0.191 e. The predicted molar refractivity (Wildman–Crippen MR) is 84.0 cm³/mol. The maximum absolute atomic E-state index is 10.0. The minimum Gasteiger partial charge on any atom is -0.504 e. The zero-order chi connectivity index (χ0) is 15.5. The second-order valence-electron chi connectivity index (χ2n) is 4.29. The number of nitrogens with zero attached hydrogens (tertiary/aromatic N) is 1. The lowest BCUT2D eigenvalue weighted by Gasteiger charge is -2.12. The van der Waals surface area contributed by atoms with E-state index in [2.05, 4.69) is 15.6 Å². The van der Waals surface area contributed by atoms with E-state index in [1.807, 2.05) is 26.0 Å². The van der Waals surface area contributed by atoms with Crippen LogP contribution in [0.25, 0.3) is 0 Å². The summed E-state index contributed by atoms with van der Waals surface area (Å²) in [5.41, 5.74) is 0.719. The van der Waals surface area contributed by atoms with Crippen LogP contribution >= 0.6 is 0 Å². The van der Waals surface area contributed by atoms with Gasteiger partial charge in [0.05, 0.1) is 20.3 Å². The number of phenolic OH excluding ortho intramolecular Hbond substituents is 1. The number of hydrogen-bond donors (Lipinski definition) is 3. The Bertz CT molecular complexity index is 450. The summed E-state index contributed by atoms with van der Waals surface area (Å²) in [6.07, 6.45) is 0. The van der Waals surface area contributed by atoms with E-state index in [4.69, 9.17) is 9.47 Å². The van der Waals surface area contributed by atoms with Crippen molar-refractivity contribution in [3.05, 3.63) is 23.8 Å². The van der Waals surface area contributed by atoms with Crippen LogP contribution in [0.2, 0.25) is 0 Å². The molecule has 0 fully saturated rings. The van der Waals surface area contributed by atoms with Crippen LogP contribution in [0, 0.1) is 0 Å². The predicted octanol–water partition coefficient (Wildman–Crippen LogP) is 1.49. The summed E-state index contributed by atoms with van der Waals surface area (Å²) in [6.45, 7) is 7.12. The summed E-state index contributed by atoms with van der Waals surface area (Å²) in [5, 5.41) is 16.3. The van der Waals surface area contributed by atoms with Crippen LogP contribution in [-0.2, 0) is 11.3 Å². The van der Waals surface area contributed by atoms with Gasteiger partial charge in [0.2, 0.25) is 0 Å². The largest absolute Gasteiger partial charge is 0.504 e. The molecule has 3 N–H and O–H groups in total. The summed E-state index contributed by atoms with van der Waals surface area (Å²) in [6, 6.07) is 5.37. The van der Waals surface area contributed by atoms with Gasteiger partial charge in [-0.05, 0) is 19.9 Å². The third kappa shape index (κ3) is 5.91. The van der Waals surface area contributed by atoms with Crippen molar-refractivity contribution in [1.82, 2.24) is 10.6 Å². The molecule has 118 valence electrons. The molecule has 1 rings (SSSR count). The summed E-state index contributed by atoms with van der Waals surface area (Å²) < 4.78 is 10.4. The van der Waals surface area contributed by atoms with Crippen LogP contribution in [0.15, 0.2) is 23.2 Å². The van der Waals surface area contributed by atoms with Crippen molar-refractivity contribution in [2.45, 2.75) is 20.4 Å². The number of nitrogens with one attached hydrogen (secondary N) is 2. The molecule has 0 spiro atoms. The van der Waals surface area contributed by atoms with Crippen LogP contribution in [0.1, 0.15) is 19.4 Å². The molecule has 1 aromatic carbocycles. The molecule has 0 saturated carbocycles. The van der Waals surface area contributed by atoms with E-state index >= 15 is 0 Å². The molecule has 0 aliphatic carbocycles. The lowest BCUT2D eigenvalue weighted by Crippen LogP contribution is -2.39. The van der Waals surface area contributed by atoms with E-state index in [9.17, 15) is 5.11 Å². The fourth-order valence-corrected chi connectivity index (χ4v) is 1.75. The first-order chi connectivity index (χ1) is 10.2. The SMILES string of the molecule is CCNC(=NCc1cccc(OC)c1O)NCCOCC. The van der Waals surface area contributed by atoms with Crippen LogP contribution in [-0.4, -0.2) is 44.5 Å². The highest BCUT2D eigenvalue weighted by atomic mass is 16.5. The molecule has 0 unspecified atom stereocenters.